The Hall–Kier alpha value is -2.69. The Kier molecular flexibility index (Phi) is 6.45. The van der Waals surface area contributed by atoms with Crippen LogP contribution in [0, 0.1) is 11.8 Å². The molecule has 23 heavy (non-hydrogen) atoms. The second-order valence-electron chi connectivity index (χ2n) is 4.25. The van der Waals surface area contributed by atoms with Gasteiger partial charge in [0.05, 0.1) is 7.11 Å². The first-order valence-corrected chi connectivity index (χ1v) is 6.41. The number of nitrogens with one attached hydrogen (secondary N) is 1. The summed E-state index contributed by atoms with van der Waals surface area (Å²) < 4.78 is 44.4. The minimum atomic E-state index is -4.81. The van der Waals surface area contributed by atoms with E-state index in [-0.39, 0.29) is 12.0 Å². The molecule has 1 aromatic rings. The van der Waals surface area contributed by atoms with Crippen LogP contribution in [0.15, 0.2) is 24.3 Å². The molecule has 1 N–H and O–H groups in total. The Bertz CT molecular complexity index is 614. The highest BCUT2D eigenvalue weighted by atomic mass is 19.4. The van der Waals surface area contributed by atoms with Crippen LogP contribution in [0.5, 0.6) is 5.75 Å². The van der Waals surface area contributed by atoms with E-state index >= 15 is 0 Å². The SMILES string of the molecule is CC#CC[C@H](NC(=O)c1ccc(OC(F)(F)F)cc1)C(=O)OC. The van der Waals surface area contributed by atoms with Crippen molar-refractivity contribution in [1.82, 2.24) is 5.32 Å². The van der Waals surface area contributed by atoms with Gasteiger partial charge >= 0.3 is 12.3 Å². The van der Waals surface area contributed by atoms with Crippen molar-refractivity contribution in [3.05, 3.63) is 29.8 Å². The molecule has 0 spiro atoms. The molecule has 5 nitrogen and oxygen atoms in total. The van der Waals surface area contributed by atoms with Crippen molar-refractivity contribution in [2.45, 2.75) is 25.7 Å². The Morgan fingerprint density at radius 3 is 2.35 bits per heavy atom. The minimum Gasteiger partial charge on any atom is -0.467 e. The van der Waals surface area contributed by atoms with Crippen LogP contribution in [0.25, 0.3) is 0 Å². The molecule has 8 heteroatoms. The van der Waals surface area contributed by atoms with Gasteiger partial charge in [-0.15, -0.1) is 25.0 Å². The topological polar surface area (TPSA) is 64.6 Å². The van der Waals surface area contributed by atoms with Gasteiger partial charge in [0.25, 0.3) is 5.91 Å². The monoisotopic (exact) mass is 329 g/mol. The van der Waals surface area contributed by atoms with Crippen molar-refractivity contribution in [2.75, 3.05) is 7.11 Å². The summed E-state index contributed by atoms with van der Waals surface area (Å²) in [5.74, 6) is 3.47. The third-order valence-corrected chi connectivity index (χ3v) is 2.62. The molecule has 0 unspecified atom stereocenters. The summed E-state index contributed by atoms with van der Waals surface area (Å²) in [5, 5.41) is 2.41. The maximum atomic E-state index is 12.1. The highest BCUT2D eigenvalue weighted by molar-refractivity contribution is 5.96. The lowest BCUT2D eigenvalue weighted by atomic mass is 10.1. The van der Waals surface area contributed by atoms with Crippen LogP contribution in [0.3, 0.4) is 0 Å². The molecule has 0 fully saturated rings. The van der Waals surface area contributed by atoms with E-state index in [9.17, 15) is 22.8 Å². The average molecular weight is 329 g/mol. The number of rotatable bonds is 5. The number of benzene rings is 1. The van der Waals surface area contributed by atoms with E-state index in [2.05, 4.69) is 26.6 Å². The number of esters is 1. The zero-order valence-electron chi connectivity index (χ0n) is 12.4. The van der Waals surface area contributed by atoms with Crippen LogP contribution in [0.2, 0.25) is 0 Å². The van der Waals surface area contributed by atoms with Crippen molar-refractivity contribution in [2.24, 2.45) is 0 Å². The minimum absolute atomic E-state index is 0.0597. The van der Waals surface area contributed by atoms with Gasteiger partial charge < -0.3 is 14.8 Å². The summed E-state index contributed by atoms with van der Waals surface area (Å²) in [5.41, 5.74) is 0.0675. The Labute approximate surface area is 130 Å². The average Bonchev–Trinajstić information content (AvgIpc) is 2.49. The van der Waals surface area contributed by atoms with E-state index in [1.807, 2.05) is 0 Å². The van der Waals surface area contributed by atoms with Gasteiger partial charge in [0.1, 0.15) is 11.8 Å². The summed E-state index contributed by atoms with van der Waals surface area (Å²) in [6, 6.07) is 3.33. The predicted molar refractivity (Wildman–Crippen MR) is 74.5 cm³/mol. The molecule has 0 radical (unpaired) electrons. The van der Waals surface area contributed by atoms with Gasteiger partial charge in [-0.05, 0) is 31.2 Å². The van der Waals surface area contributed by atoms with E-state index in [4.69, 9.17) is 0 Å². The number of carbonyl (C=O) groups is 2. The standard InChI is InChI=1S/C15H14F3NO4/c1-3-4-5-12(14(21)22-2)19-13(20)10-6-8-11(9-7-10)23-15(16,17)18/h6-9,12H,5H2,1-2H3,(H,19,20)/t12-/m0/s1. The molecular weight excluding hydrogens is 315 g/mol. The molecule has 1 amide bonds. The van der Waals surface area contributed by atoms with Crippen molar-refractivity contribution in [1.29, 1.82) is 0 Å². The number of alkyl halides is 3. The van der Waals surface area contributed by atoms with Gasteiger partial charge in [-0.1, -0.05) is 0 Å². The van der Waals surface area contributed by atoms with Gasteiger partial charge in [-0.25, -0.2) is 4.79 Å². The maximum absolute atomic E-state index is 12.1. The fourth-order valence-electron chi connectivity index (χ4n) is 1.59. The molecule has 1 rings (SSSR count). The molecule has 0 aliphatic rings. The first-order chi connectivity index (χ1) is 10.8. The Balaban J connectivity index is 2.78. The second kappa shape index (κ2) is 8.08. The number of methoxy groups -OCH3 is 1. The fraction of sp³-hybridized carbons (Fsp3) is 0.333. The largest absolute Gasteiger partial charge is 0.573 e. The number of ether oxygens (including phenoxy) is 2. The number of hydrogen-bond acceptors (Lipinski definition) is 4. The van der Waals surface area contributed by atoms with Crippen LogP contribution in [0.1, 0.15) is 23.7 Å². The van der Waals surface area contributed by atoms with Gasteiger partial charge in [-0.2, -0.15) is 0 Å². The summed E-state index contributed by atoms with van der Waals surface area (Å²) in [4.78, 5) is 23.6. The molecule has 0 aliphatic heterocycles. The van der Waals surface area contributed by atoms with Gasteiger partial charge in [-0.3, -0.25) is 4.79 Å². The molecule has 1 atom stereocenters. The number of amides is 1. The molecule has 0 saturated heterocycles. The molecular formula is C15H14F3NO4. The van der Waals surface area contributed by atoms with Gasteiger partial charge in [0.15, 0.2) is 0 Å². The van der Waals surface area contributed by atoms with Gasteiger partial charge in [0.2, 0.25) is 0 Å². The van der Waals surface area contributed by atoms with E-state index in [1.54, 1.807) is 6.92 Å². The molecule has 0 saturated carbocycles. The highest BCUT2D eigenvalue weighted by Gasteiger charge is 2.31. The summed E-state index contributed by atoms with van der Waals surface area (Å²) in [7, 11) is 1.17. The Morgan fingerprint density at radius 1 is 1.26 bits per heavy atom. The molecule has 0 aliphatic carbocycles. The van der Waals surface area contributed by atoms with E-state index in [1.165, 1.54) is 7.11 Å². The normalized spacial score (nSPS) is 11.7. The smallest absolute Gasteiger partial charge is 0.467 e. The zero-order chi connectivity index (χ0) is 17.5. The van der Waals surface area contributed by atoms with Gasteiger partial charge in [0, 0.05) is 12.0 Å². The fourth-order valence-corrected chi connectivity index (χ4v) is 1.59. The third kappa shape index (κ3) is 6.30. The molecule has 124 valence electrons. The summed E-state index contributed by atoms with van der Waals surface area (Å²) in [6.45, 7) is 1.58. The van der Waals surface area contributed by atoms with Crippen molar-refractivity contribution in [3.63, 3.8) is 0 Å². The van der Waals surface area contributed by atoms with Crippen molar-refractivity contribution < 1.29 is 32.2 Å². The first-order valence-electron chi connectivity index (χ1n) is 6.41. The lowest BCUT2D eigenvalue weighted by Crippen LogP contribution is -2.41. The summed E-state index contributed by atoms with van der Waals surface area (Å²) >= 11 is 0. The molecule has 1 aromatic carbocycles. The Morgan fingerprint density at radius 2 is 1.87 bits per heavy atom. The van der Waals surface area contributed by atoms with E-state index in [0.717, 1.165) is 24.3 Å². The second-order valence-corrected chi connectivity index (χ2v) is 4.25. The molecule has 0 bridgehead atoms. The number of carbonyl (C=O) groups excluding carboxylic acids is 2. The quantitative estimate of drug-likeness (QED) is 0.665. The van der Waals surface area contributed by atoms with Crippen molar-refractivity contribution >= 4 is 11.9 Å². The zero-order valence-corrected chi connectivity index (χ0v) is 12.4. The van der Waals surface area contributed by atoms with Crippen LogP contribution in [0.4, 0.5) is 13.2 Å². The van der Waals surface area contributed by atoms with Crippen LogP contribution in [-0.2, 0) is 9.53 Å². The third-order valence-electron chi connectivity index (χ3n) is 2.62. The number of halogens is 3. The first kappa shape index (κ1) is 18.4. The maximum Gasteiger partial charge on any atom is 0.573 e. The van der Waals surface area contributed by atoms with Crippen LogP contribution >= 0.6 is 0 Å². The lowest BCUT2D eigenvalue weighted by molar-refractivity contribution is -0.274. The highest BCUT2D eigenvalue weighted by Crippen LogP contribution is 2.22. The van der Waals surface area contributed by atoms with Crippen molar-refractivity contribution in [3.8, 4) is 17.6 Å². The van der Waals surface area contributed by atoms with E-state index in [0.29, 0.717) is 0 Å². The van der Waals surface area contributed by atoms with Crippen LogP contribution in [-0.4, -0.2) is 31.4 Å². The van der Waals surface area contributed by atoms with Crippen LogP contribution < -0.4 is 10.1 Å². The molecule has 0 heterocycles. The van der Waals surface area contributed by atoms with E-state index < -0.39 is 30.0 Å². The lowest BCUT2D eigenvalue weighted by Gasteiger charge is -2.14. The summed E-state index contributed by atoms with van der Waals surface area (Å²) in [6.07, 6.45) is -4.75. The molecule has 0 aromatic heterocycles. The predicted octanol–water partition coefficient (Wildman–Crippen LogP) is 2.27. The number of hydrogen-bond donors (Lipinski definition) is 1.